The van der Waals surface area contributed by atoms with E-state index < -0.39 is 0 Å². The number of hydrogen-bond acceptors (Lipinski definition) is 5. The molecular weight excluding hydrogens is 232 g/mol. The van der Waals surface area contributed by atoms with Crippen molar-refractivity contribution in [3.63, 3.8) is 0 Å². The molecule has 11 heavy (non-hydrogen) atoms. The summed E-state index contributed by atoms with van der Waals surface area (Å²) in [5.41, 5.74) is 0. The molecule has 0 aromatic rings. The number of rotatable bonds is 7. The van der Waals surface area contributed by atoms with Crippen LogP contribution < -0.4 is 0 Å². The molecule has 0 fully saturated rings. The first-order chi connectivity index (χ1) is 5.31. The van der Waals surface area contributed by atoms with Crippen LogP contribution in [0.5, 0.6) is 0 Å². The Labute approximate surface area is 94.3 Å². The molecule has 0 nitrogen and oxygen atoms in total. The van der Waals surface area contributed by atoms with Gasteiger partial charge in [0.25, 0.3) is 0 Å². The molecule has 0 aliphatic carbocycles. The topological polar surface area (TPSA) is 0 Å². The molecule has 0 N–H and O–H groups in total. The third-order valence-corrected chi connectivity index (χ3v) is 5.09. The Morgan fingerprint density at radius 2 is 1.73 bits per heavy atom. The SMILES string of the molecule is SCCSCC(S)SCCS. The van der Waals surface area contributed by atoms with E-state index in [1.807, 2.05) is 23.5 Å². The van der Waals surface area contributed by atoms with Gasteiger partial charge in [0.15, 0.2) is 0 Å². The van der Waals surface area contributed by atoms with Crippen LogP contribution >= 0.6 is 61.4 Å². The van der Waals surface area contributed by atoms with Gasteiger partial charge >= 0.3 is 0 Å². The number of thiol groups is 3. The highest BCUT2D eigenvalue weighted by Crippen LogP contribution is 2.19. The van der Waals surface area contributed by atoms with Crippen LogP contribution in [-0.2, 0) is 0 Å². The molecule has 0 aliphatic rings. The maximum Gasteiger partial charge on any atom is 0.0562 e. The molecule has 0 amide bonds. The van der Waals surface area contributed by atoms with E-state index in [0.29, 0.717) is 4.58 Å². The zero-order valence-electron chi connectivity index (χ0n) is 6.27. The van der Waals surface area contributed by atoms with Crippen LogP contribution in [0.4, 0.5) is 0 Å². The molecule has 0 aliphatic heterocycles. The standard InChI is InChI=1S/C6H14S5/c7-1-3-10-5-6(9)11-4-2-8/h6-9H,1-5H2. The van der Waals surface area contributed by atoms with E-state index in [9.17, 15) is 0 Å². The lowest BCUT2D eigenvalue weighted by atomic mass is 10.9. The predicted molar refractivity (Wildman–Crippen MR) is 70.3 cm³/mol. The maximum absolute atomic E-state index is 4.42. The maximum atomic E-state index is 4.42. The molecule has 0 rings (SSSR count). The molecular formula is C6H14S5. The van der Waals surface area contributed by atoms with Crippen molar-refractivity contribution in [1.82, 2.24) is 0 Å². The zero-order chi connectivity index (χ0) is 8.53. The largest absolute Gasteiger partial charge is 0.179 e. The summed E-state index contributed by atoms with van der Waals surface area (Å²) in [6.07, 6.45) is 0. The Hall–Kier alpha value is 1.75. The summed E-state index contributed by atoms with van der Waals surface area (Å²) in [5.74, 6) is 5.24. The van der Waals surface area contributed by atoms with Gasteiger partial charge in [0.2, 0.25) is 0 Å². The van der Waals surface area contributed by atoms with Crippen LogP contribution in [0.25, 0.3) is 0 Å². The van der Waals surface area contributed by atoms with E-state index in [1.54, 1.807) is 0 Å². The van der Waals surface area contributed by atoms with E-state index in [-0.39, 0.29) is 0 Å². The Kier molecular flexibility index (Phi) is 11.4. The number of hydrogen-bond donors (Lipinski definition) is 3. The van der Waals surface area contributed by atoms with Crippen molar-refractivity contribution in [3.05, 3.63) is 0 Å². The smallest absolute Gasteiger partial charge is 0.0562 e. The van der Waals surface area contributed by atoms with Crippen molar-refractivity contribution in [1.29, 1.82) is 0 Å². The fourth-order valence-electron chi connectivity index (χ4n) is 0.486. The lowest BCUT2D eigenvalue weighted by molar-refractivity contribution is 1.42. The molecule has 0 aromatic carbocycles. The van der Waals surface area contributed by atoms with Crippen LogP contribution in [0.3, 0.4) is 0 Å². The van der Waals surface area contributed by atoms with Crippen molar-refractivity contribution in [2.45, 2.75) is 4.58 Å². The van der Waals surface area contributed by atoms with Crippen molar-refractivity contribution in [2.75, 3.05) is 28.8 Å². The van der Waals surface area contributed by atoms with Crippen LogP contribution in [0, 0.1) is 0 Å². The monoisotopic (exact) mass is 246 g/mol. The fraction of sp³-hybridized carbons (Fsp3) is 1.00. The third-order valence-electron chi connectivity index (χ3n) is 0.898. The van der Waals surface area contributed by atoms with Crippen molar-refractivity contribution in [3.8, 4) is 0 Å². The quantitative estimate of drug-likeness (QED) is 0.359. The van der Waals surface area contributed by atoms with E-state index in [4.69, 9.17) is 0 Å². The minimum atomic E-state index is 0.465. The van der Waals surface area contributed by atoms with Gasteiger partial charge in [-0.2, -0.15) is 49.6 Å². The van der Waals surface area contributed by atoms with E-state index in [0.717, 1.165) is 28.8 Å². The summed E-state index contributed by atoms with van der Waals surface area (Å²) < 4.78 is 0.465. The molecule has 0 heterocycles. The van der Waals surface area contributed by atoms with Crippen molar-refractivity contribution >= 4 is 61.4 Å². The Morgan fingerprint density at radius 3 is 2.27 bits per heavy atom. The first-order valence-corrected chi connectivity index (χ1v) is 7.39. The Balaban J connectivity index is 3.02. The molecule has 0 saturated carbocycles. The van der Waals surface area contributed by atoms with Crippen LogP contribution in [0.1, 0.15) is 0 Å². The van der Waals surface area contributed by atoms with Gasteiger partial charge in [-0.05, 0) is 11.5 Å². The second-order valence-electron chi connectivity index (χ2n) is 1.85. The molecule has 0 saturated heterocycles. The molecule has 0 radical (unpaired) electrons. The first kappa shape index (κ1) is 12.8. The highest BCUT2D eigenvalue weighted by atomic mass is 32.2. The van der Waals surface area contributed by atoms with Gasteiger partial charge < -0.3 is 0 Å². The second-order valence-corrected chi connectivity index (χ2v) is 6.18. The van der Waals surface area contributed by atoms with Gasteiger partial charge in [0.1, 0.15) is 0 Å². The van der Waals surface area contributed by atoms with Gasteiger partial charge in [-0.1, -0.05) is 0 Å². The van der Waals surface area contributed by atoms with Gasteiger partial charge in [-0.15, -0.1) is 11.8 Å². The van der Waals surface area contributed by atoms with Crippen LogP contribution in [0.2, 0.25) is 0 Å². The fourth-order valence-corrected chi connectivity index (χ4v) is 3.37. The summed E-state index contributed by atoms with van der Waals surface area (Å²) >= 11 is 16.5. The normalized spacial score (nSPS) is 13.4. The second kappa shape index (κ2) is 9.84. The van der Waals surface area contributed by atoms with E-state index in [1.165, 1.54) is 0 Å². The van der Waals surface area contributed by atoms with Crippen LogP contribution in [-0.4, -0.2) is 33.3 Å². The molecule has 5 heteroatoms. The van der Waals surface area contributed by atoms with Gasteiger partial charge in [0.05, 0.1) is 4.58 Å². The summed E-state index contributed by atoms with van der Waals surface area (Å²) in [6, 6.07) is 0. The molecule has 0 spiro atoms. The highest BCUT2D eigenvalue weighted by Gasteiger charge is 2.01. The van der Waals surface area contributed by atoms with Crippen molar-refractivity contribution < 1.29 is 0 Å². The molecule has 0 bridgehead atoms. The summed E-state index contributed by atoms with van der Waals surface area (Å²) in [5, 5.41) is 0. The average molecular weight is 247 g/mol. The lowest BCUT2D eigenvalue weighted by Gasteiger charge is -2.07. The van der Waals surface area contributed by atoms with E-state index in [2.05, 4.69) is 37.9 Å². The molecule has 1 unspecified atom stereocenters. The molecule has 0 aromatic heterocycles. The summed E-state index contributed by atoms with van der Waals surface area (Å²) in [7, 11) is 0. The van der Waals surface area contributed by atoms with Gasteiger partial charge in [-0.25, -0.2) is 0 Å². The minimum Gasteiger partial charge on any atom is -0.179 e. The third kappa shape index (κ3) is 9.67. The Morgan fingerprint density at radius 1 is 1.09 bits per heavy atom. The predicted octanol–water partition coefficient (Wildman–Crippen LogP) is 2.57. The first-order valence-electron chi connectivity index (χ1n) is 3.40. The van der Waals surface area contributed by atoms with Gasteiger partial charge in [-0.3, -0.25) is 0 Å². The minimum absolute atomic E-state index is 0.465. The van der Waals surface area contributed by atoms with E-state index >= 15 is 0 Å². The molecule has 68 valence electrons. The lowest BCUT2D eigenvalue weighted by Crippen LogP contribution is -1.99. The van der Waals surface area contributed by atoms with Crippen molar-refractivity contribution in [2.24, 2.45) is 0 Å². The van der Waals surface area contributed by atoms with Crippen LogP contribution in [0.15, 0.2) is 0 Å². The van der Waals surface area contributed by atoms with Gasteiger partial charge in [0, 0.05) is 17.3 Å². The molecule has 1 atom stereocenters. The summed E-state index contributed by atoms with van der Waals surface area (Å²) in [6.45, 7) is 0. The highest BCUT2D eigenvalue weighted by molar-refractivity contribution is 8.12. The summed E-state index contributed by atoms with van der Waals surface area (Å²) in [4.78, 5) is 0. The zero-order valence-corrected chi connectivity index (χ0v) is 10.6. The Bertz CT molecular complexity index is 77.4. The number of thioether (sulfide) groups is 2. The average Bonchev–Trinajstić information content (AvgIpc) is 2.01.